The van der Waals surface area contributed by atoms with Gasteiger partial charge in [0.05, 0.1) is 6.61 Å². The van der Waals surface area contributed by atoms with Crippen molar-refractivity contribution in [2.24, 2.45) is 0 Å². The lowest BCUT2D eigenvalue weighted by Gasteiger charge is -2.16. The second-order valence-corrected chi connectivity index (χ2v) is 4.78. The van der Waals surface area contributed by atoms with E-state index in [0.717, 1.165) is 11.1 Å². The SMILES string of the molecule is Cc1ccc(C#C[C@@H](O)[C@@H](CO)c2ccccc2)cc1. The van der Waals surface area contributed by atoms with Crippen LogP contribution >= 0.6 is 0 Å². The molecule has 2 nitrogen and oxygen atoms in total. The maximum atomic E-state index is 10.1. The molecular weight excluding hydrogens is 248 g/mol. The molecule has 20 heavy (non-hydrogen) atoms. The van der Waals surface area contributed by atoms with E-state index in [2.05, 4.69) is 11.8 Å². The fourth-order valence-electron chi connectivity index (χ4n) is 1.98. The van der Waals surface area contributed by atoms with Crippen LogP contribution in [0.2, 0.25) is 0 Å². The molecule has 0 heterocycles. The van der Waals surface area contributed by atoms with Gasteiger partial charge in [-0.2, -0.15) is 0 Å². The fraction of sp³-hybridized carbons (Fsp3) is 0.222. The lowest BCUT2D eigenvalue weighted by atomic mass is 9.94. The Bertz CT molecular complexity index is 591. The monoisotopic (exact) mass is 266 g/mol. The topological polar surface area (TPSA) is 40.5 Å². The Morgan fingerprint density at radius 3 is 2.25 bits per heavy atom. The number of aliphatic hydroxyl groups is 2. The fourth-order valence-corrected chi connectivity index (χ4v) is 1.98. The normalized spacial score (nSPS) is 13.2. The molecule has 0 aromatic heterocycles. The van der Waals surface area contributed by atoms with Crippen molar-refractivity contribution < 1.29 is 10.2 Å². The van der Waals surface area contributed by atoms with E-state index in [4.69, 9.17) is 0 Å². The predicted octanol–water partition coefficient (Wildman–Crippen LogP) is 2.48. The van der Waals surface area contributed by atoms with E-state index in [-0.39, 0.29) is 12.5 Å². The Morgan fingerprint density at radius 2 is 1.65 bits per heavy atom. The molecule has 2 heteroatoms. The quantitative estimate of drug-likeness (QED) is 0.838. The molecule has 0 saturated carbocycles. The Kier molecular flexibility index (Phi) is 4.95. The van der Waals surface area contributed by atoms with Crippen molar-refractivity contribution in [2.45, 2.75) is 18.9 Å². The smallest absolute Gasteiger partial charge is 0.124 e. The molecule has 0 aliphatic carbocycles. The zero-order valence-corrected chi connectivity index (χ0v) is 11.5. The summed E-state index contributed by atoms with van der Waals surface area (Å²) in [7, 11) is 0. The molecule has 2 rings (SSSR count). The summed E-state index contributed by atoms with van der Waals surface area (Å²) in [5, 5.41) is 19.6. The first-order valence-corrected chi connectivity index (χ1v) is 6.63. The highest BCUT2D eigenvalue weighted by Crippen LogP contribution is 2.18. The van der Waals surface area contributed by atoms with E-state index >= 15 is 0 Å². The third-order valence-corrected chi connectivity index (χ3v) is 3.22. The first-order valence-electron chi connectivity index (χ1n) is 6.63. The van der Waals surface area contributed by atoms with E-state index in [0.29, 0.717) is 0 Å². The second kappa shape index (κ2) is 6.91. The number of benzene rings is 2. The maximum absolute atomic E-state index is 10.1. The summed E-state index contributed by atoms with van der Waals surface area (Å²) in [5.74, 6) is 5.38. The number of aryl methyl sites for hydroxylation is 1. The van der Waals surface area contributed by atoms with Gasteiger partial charge in [-0.3, -0.25) is 0 Å². The lowest BCUT2D eigenvalue weighted by Crippen LogP contribution is -2.20. The third-order valence-electron chi connectivity index (χ3n) is 3.22. The van der Waals surface area contributed by atoms with Crippen molar-refractivity contribution in [1.82, 2.24) is 0 Å². The van der Waals surface area contributed by atoms with Gasteiger partial charge in [-0.1, -0.05) is 59.9 Å². The van der Waals surface area contributed by atoms with Crippen LogP contribution in [0.3, 0.4) is 0 Å². The van der Waals surface area contributed by atoms with E-state index in [9.17, 15) is 10.2 Å². The van der Waals surface area contributed by atoms with Gasteiger partial charge in [0.2, 0.25) is 0 Å². The van der Waals surface area contributed by atoms with E-state index in [1.165, 1.54) is 5.56 Å². The van der Waals surface area contributed by atoms with Crippen molar-refractivity contribution in [1.29, 1.82) is 0 Å². The zero-order chi connectivity index (χ0) is 14.4. The molecule has 0 radical (unpaired) electrons. The van der Waals surface area contributed by atoms with E-state index in [1.807, 2.05) is 61.5 Å². The summed E-state index contributed by atoms with van der Waals surface area (Å²) in [6.45, 7) is 1.89. The van der Waals surface area contributed by atoms with Gasteiger partial charge < -0.3 is 10.2 Å². The van der Waals surface area contributed by atoms with Crippen LogP contribution in [-0.4, -0.2) is 22.9 Å². The average molecular weight is 266 g/mol. The van der Waals surface area contributed by atoms with Crippen LogP contribution in [-0.2, 0) is 0 Å². The van der Waals surface area contributed by atoms with E-state index in [1.54, 1.807) is 0 Å². The van der Waals surface area contributed by atoms with Crippen molar-refractivity contribution in [2.75, 3.05) is 6.61 Å². The van der Waals surface area contributed by atoms with Crippen LogP contribution in [0.25, 0.3) is 0 Å². The van der Waals surface area contributed by atoms with Crippen LogP contribution in [0.15, 0.2) is 54.6 Å². The molecule has 0 aliphatic rings. The van der Waals surface area contributed by atoms with Gasteiger partial charge in [-0.25, -0.2) is 0 Å². The molecule has 2 aromatic rings. The maximum Gasteiger partial charge on any atom is 0.124 e. The van der Waals surface area contributed by atoms with Crippen LogP contribution in [0.1, 0.15) is 22.6 Å². The molecular formula is C18H18O2. The molecule has 0 aliphatic heterocycles. The summed E-state index contributed by atoms with van der Waals surface area (Å²) >= 11 is 0. The number of rotatable bonds is 3. The van der Waals surface area contributed by atoms with E-state index < -0.39 is 6.10 Å². The number of hydrogen-bond donors (Lipinski definition) is 2. The third kappa shape index (κ3) is 3.71. The Balaban J connectivity index is 2.14. The summed E-state index contributed by atoms with van der Waals surface area (Å²) < 4.78 is 0. The molecule has 2 aromatic carbocycles. The van der Waals surface area contributed by atoms with Gasteiger partial charge in [-0.05, 0) is 24.6 Å². The Hall–Kier alpha value is -2.08. The highest BCUT2D eigenvalue weighted by Gasteiger charge is 2.18. The minimum atomic E-state index is -0.885. The van der Waals surface area contributed by atoms with Crippen molar-refractivity contribution in [3.8, 4) is 11.8 Å². The van der Waals surface area contributed by atoms with Gasteiger partial charge in [0, 0.05) is 11.5 Å². The van der Waals surface area contributed by atoms with Crippen molar-refractivity contribution in [3.05, 3.63) is 71.3 Å². The molecule has 0 bridgehead atoms. The zero-order valence-electron chi connectivity index (χ0n) is 11.5. The molecule has 2 atom stereocenters. The highest BCUT2D eigenvalue weighted by atomic mass is 16.3. The molecule has 0 spiro atoms. The van der Waals surface area contributed by atoms with Crippen LogP contribution in [0.4, 0.5) is 0 Å². The first-order chi connectivity index (χ1) is 9.70. The molecule has 0 unspecified atom stereocenters. The van der Waals surface area contributed by atoms with Crippen LogP contribution in [0, 0.1) is 18.8 Å². The summed E-state index contributed by atoms with van der Waals surface area (Å²) in [4.78, 5) is 0. The largest absolute Gasteiger partial charge is 0.396 e. The lowest BCUT2D eigenvalue weighted by molar-refractivity contribution is 0.148. The highest BCUT2D eigenvalue weighted by molar-refractivity contribution is 5.37. The number of hydrogen-bond acceptors (Lipinski definition) is 2. The number of aliphatic hydroxyl groups excluding tert-OH is 2. The van der Waals surface area contributed by atoms with Crippen molar-refractivity contribution >= 4 is 0 Å². The second-order valence-electron chi connectivity index (χ2n) is 4.78. The minimum Gasteiger partial charge on any atom is -0.396 e. The van der Waals surface area contributed by atoms with Crippen molar-refractivity contribution in [3.63, 3.8) is 0 Å². The average Bonchev–Trinajstić information content (AvgIpc) is 2.48. The molecule has 0 saturated heterocycles. The van der Waals surface area contributed by atoms with Gasteiger partial charge >= 0.3 is 0 Å². The summed E-state index contributed by atoms with van der Waals surface area (Å²) in [6, 6.07) is 17.3. The van der Waals surface area contributed by atoms with Crippen LogP contribution < -0.4 is 0 Å². The molecule has 2 N–H and O–H groups in total. The standard InChI is InChI=1S/C18H18O2/c1-14-7-9-15(10-8-14)11-12-18(20)17(13-19)16-5-3-2-4-6-16/h2-10,17-20H,13H2,1H3/t17-,18+/m0/s1. The first kappa shape index (κ1) is 14.3. The Labute approximate surface area is 119 Å². The minimum absolute atomic E-state index is 0.131. The van der Waals surface area contributed by atoms with Gasteiger partial charge in [0.15, 0.2) is 0 Å². The summed E-state index contributed by atoms with van der Waals surface area (Å²) in [5.41, 5.74) is 2.92. The van der Waals surface area contributed by atoms with Gasteiger partial charge in [0.25, 0.3) is 0 Å². The Morgan fingerprint density at radius 1 is 1.00 bits per heavy atom. The van der Waals surface area contributed by atoms with Gasteiger partial charge in [0.1, 0.15) is 6.10 Å². The predicted molar refractivity (Wildman–Crippen MR) is 80.3 cm³/mol. The molecule has 0 amide bonds. The van der Waals surface area contributed by atoms with Gasteiger partial charge in [-0.15, -0.1) is 0 Å². The van der Waals surface area contributed by atoms with Crippen LogP contribution in [0.5, 0.6) is 0 Å². The molecule has 102 valence electrons. The molecule has 0 fully saturated rings. The summed E-state index contributed by atoms with van der Waals surface area (Å²) in [6.07, 6.45) is -0.885.